The summed E-state index contributed by atoms with van der Waals surface area (Å²) in [5, 5.41) is 11.9. The van der Waals surface area contributed by atoms with Crippen molar-refractivity contribution in [3.8, 4) is 11.3 Å². The SMILES string of the molecule is NC=CC=Nc1ccc(Cc2cnc(N3CCc4ccc(-c5cn[nH]n5)cc4C3)s2)cc1. The zero-order valence-electron chi connectivity index (χ0n) is 17.5. The van der Waals surface area contributed by atoms with Crippen molar-refractivity contribution in [2.24, 2.45) is 10.7 Å². The molecule has 3 heterocycles. The average molecular weight is 442 g/mol. The number of aromatic nitrogens is 4. The predicted octanol–water partition coefficient (Wildman–Crippen LogP) is 4.26. The maximum Gasteiger partial charge on any atom is 0.185 e. The lowest BCUT2D eigenvalue weighted by molar-refractivity contribution is 0.729. The van der Waals surface area contributed by atoms with E-state index in [2.05, 4.69) is 55.6 Å². The number of anilines is 1. The number of nitrogens with zero attached hydrogens (tertiary/aromatic N) is 5. The van der Waals surface area contributed by atoms with Crippen LogP contribution in [0.3, 0.4) is 0 Å². The minimum absolute atomic E-state index is 0.859. The number of allylic oxidation sites excluding steroid dienone is 1. The molecule has 32 heavy (non-hydrogen) atoms. The highest BCUT2D eigenvalue weighted by atomic mass is 32.1. The van der Waals surface area contributed by atoms with E-state index in [1.807, 2.05) is 18.3 Å². The first-order valence-electron chi connectivity index (χ1n) is 10.5. The van der Waals surface area contributed by atoms with Crippen molar-refractivity contribution in [2.75, 3.05) is 11.4 Å². The smallest absolute Gasteiger partial charge is 0.185 e. The van der Waals surface area contributed by atoms with Gasteiger partial charge < -0.3 is 10.6 Å². The molecule has 0 unspecified atom stereocenters. The van der Waals surface area contributed by atoms with Crippen LogP contribution in [-0.2, 0) is 19.4 Å². The highest BCUT2D eigenvalue weighted by Crippen LogP contribution is 2.31. The molecule has 8 heteroatoms. The molecule has 0 bridgehead atoms. The van der Waals surface area contributed by atoms with Crippen LogP contribution in [0, 0.1) is 0 Å². The van der Waals surface area contributed by atoms with Gasteiger partial charge in [0, 0.05) is 42.4 Å². The van der Waals surface area contributed by atoms with Crippen LogP contribution in [0.4, 0.5) is 10.8 Å². The highest BCUT2D eigenvalue weighted by Gasteiger charge is 2.20. The molecule has 2 aromatic heterocycles. The lowest BCUT2D eigenvalue weighted by Gasteiger charge is -2.28. The quantitative estimate of drug-likeness (QED) is 0.436. The number of fused-ring (bicyclic) bond motifs is 1. The summed E-state index contributed by atoms with van der Waals surface area (Å²) in [5.74, 6) is 0. The Hall–Kier alpha value is -3.78. The van der Waals surface area contributed by atoms with Crippen molar-refractivity contribution in [1.29, 1.82) is 0 Å². The fourth-order valence-electron chi connectivity index (χ4n) is 3.83. The Morgan fingerprint density at radius 1 is 1.12 bits per heavy atom. The van der Waals surface area contributed by atoms with Crippen molar-refractivity contribution >= 4 is 28.4 Å². The number of H-pyrrole nitrogens is 1. The number of thiazole rings is 1. The molecule has 5 rings (SSSR count). The molecular formula is C24H23N7S. The number of nitrogens with two attached hydrogens (primary N) is 1. The van der Waals surface area contributed by atoms with Crippen LogP contribution < -0.4 is 10.6 Å². The molecule has 0 aliphatic carbocycles. The molecule has 0 saturated heterocycles. The summed E-state index contributed by atoms with van der Waals surface area (Å²) < 4.78 is 0. The summed E-state index contributed by atoms with van der Waals surface area (Å²) in [6.07, 6.45) is 10.5. The number of aliphatic imine (C=N–C) groups is 1. The van der Waals surface area contributed by atoms with Gasteiger partial charge in [0.2, 0.25) is 0 Å². The standard InChI is InChI=1S/C24H23N7S/c25-9-1-10-26-21-6-2-17(3-7-21)12-22-14-27-24(32-22)31-11-8-18-4-5-19(13-20(18)16-31)23-15-28-30-29-23/h1-7,9-10,13-15H,8,11-12,16,25H2,(H,28,29,30). The van der Waals surface area contributed by atoms with E-state index in [0.717, 1.165) is 48.0 Å². The summed E-state index contributed by atoms with van der Waals surface area (Å²) in [4.78, 5) is 12.7. The third-order valence-electron chi connectivity index (χ3n) is 5.48. The van der Waals surface area contributed by atoms with E-state index in [0.29, 0.717) is 0 Å². The van der Waals surface area contributed by atoms with Crippen LogP contribution in [-0.4, -0.2) is 33.2 Å². The van der Waals surface area contributed by atoms with Crippen LogP contribution in [0.1, 0.15) is 21.6 Å². The van der Waals surface area contributed by atoms with Gasteiger partial charge in [-0.15, -0.1) is 11.3 Å². The molecular weight excluding hydrogens is 418 g/mol. The average Bonchev–Trinajstić information content (AvgIpc) is 3.52. The number of rotatable bonds is 6. The van der Waals surface area contributed by atoms with E-state index >= 15 is 0 Å². The van der Waals surface area contributed by atoms with Crippen LogP contribution in [0.2, 0.25) is 0 Å². The molecule has 0 radical (unpaired) electrons. The monoisotopic (exact) mass is 441 g/mol. The lowest BCUT2D eigenvalue weighted by atomic mass is 9.97. The van der Waals surface area contributed by atoms with E-state index < -0.39 is 0 Å². The van der Waals surface area contributed by atoms with Crippen LogP contribution in [0.25, 0.3) is 11.3 Å². The van der Waals surface area contributed by atoms with Gasteiger partial charge in [0.25, 0.3) is 0 Å². The summed E-state index contributed by atoms with van der Waals surface area (Å²) in [7, 11) is 0. The second-order valence-electron chi connectivity index (χ2n) is 7.63. The number of aromatic amines is 1. The van der Waals surface area contributed by atoms with Gasteiger partial charge in [-0.2, -0.15) is 15.4 Å². The van der Waals surface area contributed by atoms with Crippen LogP contribution >= 0.6 is 11.3 Å². The molecule has 0 atom stereocenters. The van der Waals surface area contributed by atoms with Gasteiger partial charge in [-0.05, 0) is 53.6 Å². The maximum absolute atomic E-state index is 5.32. The Bertz CT molecular complexity index is 1240. The van der Waals surface area contributed by atoms with E-state index in [4.69, 9.17) is 10.7 Å². The zero-order valence-corrected chi connectivity index (χ0v) is 18.3. The van der Waals surface area contributed by atoms with Crippen LogP contribution in [0.5, 0.6) is 0 Å². The first-order valence-corrected chi connectivity index (χ1v) is 11.3. The summed E-state index contributed by atoms with van der Waals surface area (Å²) in [6.45, 7) is 1.84. The molecule has 7 nitrogen and oxygen atoms in total. The molecule has 3 N–H and O–H groups in total. The van der Waals surface area contributed by atoms with Crippen molar-refractivity contribution in [2.45, 2.75) is 19.4 Å². The normalized spacial score (nSPS) is 13.8. The van der Waals surface area contributed by atoms with Crippen molar-refractivity contribution in [3.63, 3.8) is 0 Å². The number of hydrogen-bond donors (Lipinski definition) is 2. The first kappa shape index (κ1) is 20.1. The molecule has 0 amide bonds. The molecule has 1 aliphatic heterocycles. The zero-order chi connectivity index (χ0) is 21.8. The second kappa shape index (κ2) is 9.15. The van der Waals surface area contributed by atoms with Gasteiger partial charge >= 0.3 is 0 Å². The van der Waals surface area contributed by atoms with E-state index in [1.165, 1.54) is 27.8 Å². The Balaban J connectivity index is 1.27. The van der Waals surface area contributed by atoms with Gasteiger partial charge in [-0.1, -0.05) is 24.3 Å². The third-order valence-corrected chi connectivity index (χ3v) is 6.53. The fraction of sp³-hybridized carbons (Fsp3) is 0.167. The van der Waals surface area contributed by atoms with Gasteiger partial charge in [-0.3, -0.25) is 4.99 Å². The molecule has 160 valence electrons. The molecule has 4 aromatic rings. The van der Waals surface area contributed by atoms with E-state index in [9.17, 15) is 0 Å². The summed E-state index contributed by atoms with van der Waals surface area (Å²) in [5.41, 5.74) is 12.2. The Kier molecular flexibility index (Phi) is 5.76. The summed E-state index contributed by atoms with van der Waals surface area (Å²) >= 11 is 1.77. The minimum Gasteiger partial charge on any atom is -0.405 e. The largest absolute Gasteiger partial charge is 0.405 e. The van der Waals surface area contributed by atoms with E-state index in [-0.39, 0.29) is 0 Å². The van der Waals surface area contributed by atoms with Gasteiger partial charge in [0.1, 0.15) is 5.69 Å². The first-order chi connectivity index (χ1) is 15.8. The number of hydrogen-bond acceptors (Lipinski definition) is 7. The Morgan fingerprint density at radius 2 is 2.03 bits per heavy atom. The Morgan fingerprint density at radius 3 is 2.84 bits per heavy atom. The Labute approximate surface area is 190 Å². The van der Waals surface area contributed by atoms with E-state index in [1.54, 1.807) is 29.8 Å². The van der Waals surface area contributed by atoms with Gasteiger partial charge in [-0.25, -0.2) is 4.98 Å². The predicted molar refractivity (Wildman–Crippen MR) is 129 cm³/mol. The second-order valence-corrected chi connectivity index (χ2v) is 8.72. The number of nitrogens with one attached hydrogen (secondary N) is 1. The molecule has 1 aliphatic rings. The van der Waals surface area contributed by atoms with Crippen molar-refractivity contribution in [3.05, 3.63) is 88.7 Å². The van der Waals surface area contributed by atoms with Crippen molar-refractivity contribution in [1.82, 2.24) is 20.4 Å². The van der Waals surface area contributed by atoms with Gasteiger partial charge in [0.05, 0.1) is 11.9 Å². The molecule has 0 fully saturated rings. The summed E-state index contributed by atoms with van der Waals surface area (Å²) in [6, 6.07) is 14.8. The lowest BCUT2D eigenvalue weighted by Crippen LogP contribution is -2.30. The molecule has 2 aromatic carbocycles. The third kappa shape index (κ3) is 4.45. The topological polar surface area (TPSA) is 96.1 Å². The molecule has 0 spiro atoms. The number of benzene rings is 2. The highest BCUT2D eigenvalue weighted by molar-refractivity contribution is 7.15. The minimum atomic E-state index is 0.859. The fourth-order valence-corrected chi connectivity index (χ4v) is 4.79. The van der Waals surface area contributed by atoms with Crippen molar-refractivity contribution < 1.29 is 0 Å². The maximum atomic E-state index is 5.32. The van der Waals surface area contributed by atoms with Gasteiger partial charge in [0.15, 0.2) is 5.13 Å². The molecule has 0 saturated carbocycles. The van der Waals surface area contributed by atoms with Crippen LogP contribution in [0.15, 0.2) is 72.1 Å².